The summed E-state index contributed by atoms with van der Waals surface area (Å²) in [5.41, 5.74) is 7.98. The van der Waals surface area contributed by atoms with Crippen molar-refractivity contribution in [2.24, 2.45) is 17.1 Å². The zero-order chi connectivity index (χ0) is 14.4. The quantitative estimate of drug-likeness (QED) is 0.758. The van der Waals surface area contributed by atoms with E-state index in [1.54, 1.807) is 0 Å². The molecule has 2 heteroatoms. The Balaban J connectivity index is 1.77. The highest BCUT2D eigenvalue weighted by molar-refractivity contribution is 5.38. The molecule has 0 radical (unpaired) electrons. The molecule has 2 nitrogen and oxygen atoms in total. The lowest BCUT2D eigenvalue weighted by Crippen LogP contribution is -2.46. The van der Waals surface area contributed by atoms with E-state index in [1.807, 2.05) is 6.07 Å². The Morgan fingerprint density at radius 1 is 1.15 bits per heavy atom. The molecule has 1 aromatic rings. The van der Waals surface area contributed by atoms with Gasteiger partial charge in [-0.15, -0.1) is 0 Å². The van der Waals surface area contributed by atoms with Gasteiger partial charge in [0.1, 0.15) is 11.4 Å². The number of ether oxygens (including phenoxy) is 1. The van der Waals surface area contributed by atoms with E-state index < -0.39 is 0 Å². The average Bonchev–Trinajstić information content (AvgIpc) is 2.38. The van der Waals surface area contributed by atoms with Crippen LogP contribution in [0.5, 0.6) is 5.75 Å². The lowest BCUT2D eigenvalue weighted by atomic mass is 9.66. The van der Waals surface area contributed by atoms with Crippen molar-refractivity contribution in [1.29, 1.82) is 0 Å². The summed E-state index contributed by atoms with van der Waals surface area (Å²) in [7, 11) is 0. The van der Waals surface area contributed by atoms with Gasteiger partial charge in [0.25, 0.3) is 0 Å². The van der Waals surface area contributed by atoms with Gasteiger partial charge in [0.15, 0.2) is 0 Å². The first-order valence-electron chi connectivity index (χ1n) is 7.93. The van der Waals surface area contributed by atoms with E-state index in [0.29, 0.717) is 5.41 Å². The van der Waals surface area contributed by atoms with E-state index in [4.69, 9.17) is 10.5 Å². The lowest BCUT2D eigenvalue weighted by molar-refractivity contribution is -0.0254. The van der Waals surface area contributed by atoms with Crippen LogP contribution in [0.2, 0.25) is 0 Å². The number of benzene rings is 1. The van der Waals surface area contributed by atoms with E-state index in [-0.39, 0.29) is 11.6 Å². The van der Waals surface area contributed by atoms with Crippen LogP contribution in [0.3, 0.4) is 0 Å². The maximum atomic E-state index is 6.41. The van der Waals surface area contributed by atoms with Crippen LogP contribution in [0.4, 0.5) is 0 Å². The molecule has 0 amide bonds. The summed E-state index contributed by atoms with van der Waals surface area (Å²) in [6.45, 7) is 7.08. The summed E-state index contributed by atoms with van der Waals surface area (Å²) in [4.78, 5) is 0. The molecule has 2 N–H and O–H groups in total. The molecule has 20 heavy (non-hydrogen) atoms. The molecular weight excluding hydrogens is 246 g/mol. The Kier molecular flexibility index (Phi) is 3.32. The van der Waals surface area contributed by atoms with Gasteiger partial charge in [0, 0.05) is 18.0 Å². The third-order valence-electron chi connectivity index (χ3n) is 5.36. The topological polar surface area (TPSA) is 35.2 Å². The monoisotopic (exact) mass is 273 g/mol. The lowest BCUT2D eigenvalue weighted by Gasteiger charge is -2.47. The van der Waals surface area contributed by atoms with E-state index in [0.717, 1.165) is 30.9 Å². The molecule has 110 valence electrons. The summed E-state index contributed by atoms with van der Waals surface area (Å²) >= 11 is 0. The van der Waals surface area contributed by atoms with Crippen LogP contribution < -0.4 is 10.5 Å². The number of hydrogen-bond donors (Lipinski definition) is 1. The summed E-state index contributed by atoms with van der Waals surface area (Å²) in [5.74, 6) is 1.82. The summed E-state index contributed by atoms with van der Waals surface area (Å²) < 4.78 is 6.41. The summed E-state index contributed by atoms with van der Waals surface area (Å²) in [6.07, 6.45) is 5.80. The number of hydrogen-bond acceptors (Lipinski definition) is 2. The van der Waals surface area contributed by atoms with Crippen molar-refractivity contribution in [3.05, 3.63) is 29.8 Å². The van der Waals surface area contributed by atoms with Crippen LogP contribution in [0, 0.1) is 11.3 Å². The number of fused-ring (bicyclic) bond motifs is 1. The van der Waals surface area contributed by atoms with Gasteiger partial charge in [0.05, 0.1) is 0 Å². The summed E-state index contributed by atoms with van der Waals surface area (Å²) in [6, 6.07) is 8.41. The van der Waals surface area contributed by atoms with E-state index in [9.17, 15) is 0 Å². The van der Waals surface area contributed by atoms with Crippen LogP contribution in [0.15, 0.2) is 24.3 Å². The molecule has 1 fully saturated rings. The molecule has 3 rings (SSSR count). The second kappa shape index (κ2) is 4.77. The third kappa shape index (κ3) is 2.46. The Morgan fingerprint density at radius 2 is 1.80 bits per heavy atom. The zero-order valence-corrected chi connectivity index (χ0v) is 13.0. The molecule has 0 unspecified atom stereocenters. The molecule has 1 aliphatic heterocycles. The van der Waals surface area contributed by atoms with Crippen LogP contribution in [0.1, 0.15) is 64.5 Å². The van der Waals surface area contributed by atoms with Crippen molar-refractivity contribution in [3.63, 3.8) is 0 Å². The molecule has 1 heterocycles. The largest absolute Gasteiger partial charge is 0.487 e. The fourth-order valence-corrected chi connectivity index (χ4v) is 3.98. The molecule has 1 aliphatic carbocycles. The van der Waals surface area contributed by atoms with Crippen molar-refractivity contribution in [3.8, 4) is 5.75 Å². The minimum absolute atomic E-state index is 0.00444. The summed E-state index contributed by atoms with van der Waals surface area (Å²) in [5, 5.41) is 0. The molecule has 1 atom stereocenters. The highest BCUT2D eigenvalue weighted by atomic mass is 16.5. The van der Waals surface area contributed by atoms with Crippen molar-refractivity contribution in [2.45, 2.75) is 64.5 Å². The van der Waals surface area contributed by atoms with Crippen molar-refractivity contribution in [2.75, 3.05) is 0 Å². The first kappa shape index (κ1) is 13.9. The number of rotatable bonds is 0. The number of para-hydroxylation sites is 1. The van der Waals surface area contributed by atoms with Crippen molar-refractivity contribution in [1.82, 2.24) is 0 Å². The second-order valence-corrected chi connectivity index (χ2v) is 7.77. The fourth-order valence-electron chi connectivity index (χ4n) is 3.98. The minimum atomic E-state index is -0.00444. The highest BCUT2D eigenvalue weighted by Gasteiger charge is 2.44. The van der Waals surface area contributed by atoms with Crippen LogP contribution in [-0.2, 0) is 0 Å². The second-order valence-electron chi connectivity index (χ2n) is 7.77. The Hall–Kier alpha value is -1.02. The van der Waals surface area contributed by atoms with Gasteiger partial charge in [-0.1, -0.05) is 39.0 Å². The number of nitrogens with two attached hydrogens (primary N) is 1. The molecule has 0 saturated heterocycles. The van der Waals surface area contributed by atoms with Crippen LogP contribution >= 0.6 is 0 Å². The first-order chi connectivity index (χ1) is 9.40. The maximum absolute atomic E-state index is 6.41. The molecule has 1 saturated carbocycles. The zero-order valence-electron chi connectivity index (χ0n) is 13.0. The van der Waals surface area contributed by atoms with E-state index >= 15 is 0 Å². The predicted molar refractivity (Wildman–Crippen MR) is 82.8 cm³/mol. The standard InChI is InChI=1S/C18H27NO/c1-17(2,3)13-8-10-18(11-9-13)12-15(19)14-6-4-5-7-16(14)20-18/h4-7,13,15H,8-12,19H2,1-3H3/t13?,15-,18?/m1/s1. The Labute approximate surface area is 122 Å². The molecule has 0 aromatic heterocycles. The van der Waals surface area contributed by atoms with Gasteiger partial charge in [-0.05, 0) is 43.1 Å². The van der Waals surface area contributed by atoms with Crippen molar-refractivity contribution < 1.29 is 4.74 Å². The third-order valence-corrected chi connectivity index (χ3v) is 5.36. The van der Waals surface area contributed by atoms with Gasteiger partial charge < -0.3 is 10.5 Å². The molecule has 2 aliphatic rings. The van der Waals surface area contributed by atoms with Gasteiger partial charge in [-0.3, -0.25) is 0 Å². The van der Waals surface area contributed by atoms with E-state index in [1.165, 1.54) is 18.4 Å². The predicted octanol–water partition coefficient (Wildman–Crippen LogP) is 4.44. The minimum Gasteiger partial charge on any atom is -0.487 e. The Morgan fingerprint density at radius 3 is 2.45 bits per heavy atom. The highest BCUT2D eigenvalue weighted by Crippen LogP contribution is 2.49. The first-order valence-corrected chi connectivity index (χ1v) is 7.93. The average molecular weight is 273 g/mol. The fraction of sp³-hybridized carbons (Fsp3) is 0.667. The normalized spacial score (nSPS) is 33.6. The van der Waals surface area contributed by atoms with Gasteiger partial charge >= 0.3 is 0 Å². The molecule has 1 aromatic carbocycles. The van der Waals surface area contributed by atoms with E-state index in [2.05, 4.69) is 39.0 Å². The maximum Gasteiger partial charge on any atom is 0.124 e. The van der Waals surface area contributed by atoms with Crippen LogP contribution in [-0.4, -0.2) is 5.60 Å². The van der Waals surface area contributed by atoms with Gasteiger partial charge in [-0.2, -0.15) is 0 Å². The molecule has 0 bridgehead atoms. The SMILES string of the molecule is CC(C)(C)C1CCC2(CC1)C[C@@H](N)c1ccccc1O2. The molecular formula is C18H27NO. The van der Waals surface area contributed by atoms with Crippen molar-refractivity contribution >= 4 is 0 Å². The smallest absolute Gasteiger partial charge is 0.124 e. The van der Waals surface area contributed by atoms with Gasteiger partial charge in [0.2, 0.25) is 0 Å². The van der Waals surface area contributed by atoms with Gasteiger partial charge in [-0.25, -0.2) is 0 Å². The van der Waals surface area contributed by atoms with Crippen LogP contribution in [0.25, 0.3) is 0 Å². The Bertz CT molecular complexity index is 480. The molecule has 1 spiro atoms.